The number of carbonyl (C=O) groups is 1. The molecular weight excluding hydrogens is 346 g/mol. The number of carbonyl (C=O) groups excluding carboxylic acids is 1. The molecule has 0 spiro atoms. The molecule has 2 rings (SSSR count). The predicted molar refractivity (Wildman–Crippen MR) is 96.8 cm³/mol. The van der Waals surface area contributed by atoms with Gasteiger partial charge in [0.15, 0.2) is 0 Å². The number of likely N-dealkylation sites (N-methyl/N-ethyl adjacent to an activating group) is 1. The van der Waals surface area contributed by atoms with Crippen LogP contribution in [-0.2, 0) is 10.0 Å². The van der Waals surface area contributed by atoms with Gasteiger partial charge < -0.3 is 5.32 Å². The molecule has 1 aromatic carbocycles. The van der Waals surface area contributed by atoms with Crippen molar-refractivity contribution in [3.05, 3.63) is 40.5 Å². The number of hydrogen-bond acceptors (Lipinski definition) is 5. The Morgan fingerprint density at radius 3 is 2.38 bits per heavy atom. The second-order valence-electron chi connectivity index (χ2n) is 5.57. The molecule has 1 heterocycles. The third-order valence-electron chi connectivity index (χ3n) is 3.59. The number of aryl methyl sites for hydroxylation is 2. The highest BCUT2D eigenvalue weighted by atomic mass is 32.2. The maximum absolute atomic E-state index is 12.1. The van der Waals surface area contributed by atoms with Gasteiger partial charge in [0.2, 0.25) is 10.0 Å². The molecule has 1 amide bonds. The highest BCUT2D eigenvalue weighted by Crippen LogP contribution is 2.29. The Kier molecular flexibility index (Phi) is 5.74. The Morgan fingerprint density at radius 1 is 1.25 bits per heavy atom. The molecule has 0 unspecified atom stereocenters. The summed E-state index contributed by atoms with van der Waals surface area (Å²) < 4.78 is 23.8. The molecule has 1 N–H and O–H groups in total. The molecule has 6 nitrogen and oxygen atoms in total. The second-order valence-corrected chi connectivity index (χ2v) is 8.86. The van der Waals surface area contributed by atoms with E-state index in [9.17, 15) is 13.2 Å². The maximum atomic E-state index is 12.1. The third kappa shape index (κ3) is 4.62. The summed E-state index contributed by atoms with van der Waals surface area (Å²) >= 11 is 1.63. The molecule has 0 aliphatic heterocycles. The first-order chi connectivity index (χ1) is 11.2. The molecule has 0 aliphatic rings. The molecular formula is C16H21N3O3S2. The minimum atomic E-state index is -3.23. The van der Waals surface area contributed by atoms with Gasteiger partial charge in [-0.3, -0.25) is 4.79 Å². The SMILES string of the molecule is Cc1nc(C)c(-c2ccc(C(=O)NCCN(C)S(C)(=O)=O)cc2)s1. The molecule has 0 saturated heterocycles. The number of hydrogen-bond donors (Lipinski definition) is 1. The summed E-state index contributed by atoms with van der Waals surface area (Å²) in [5.41, 5.74) is 2.56. The van der Waals surface area contributed by atoms with E-state index in [1.807, 2.05) is 26.0 Å². The van der Waals surface area contributed by atoms with Gasteiger partial charge in [0.05, 0.1) is 21.8 Å². The summed E-state index contributed by atoms with van der Waals surface area (Å²) in [7, 11) is -1.74. The van der Waals surface area contributed by atoms with Gasteiger partial charge in [-0.15, -0.1) is 11.3 Å². The first-order valence-electron chi connectivity index (χ1n) is 7.42. The van der Waals surface area contributed by atoms with E-state index in [0.717, 1.165) is 27.4 Å². The van der Waals surface area contributed by atoms with E-state index in [1.54, 1.807) is 23.5 Å². The molecule has 0 fully saturated rings. The van der Waals surface area contributed by atoms with Crippen LogP contribution < -0.4 is 5.32 Å². The van der Waals surface area contributed by atoms with Crippen molar-refractivity contribution in [1.82, 2.24) is 14.6 Å². The van der Waals surface area contributed by atoms with Crippen molar-refractivity contribution in [2.24, 2.45) is 0 Å². The molecule has 0 aliphatic carbocycles. The summed E-state index contributed by atoms with van der Waals surface area (Å²) in [6, 6.07) is 7.33. The Bertz CT molecular complexity index is 827. The van der Waals surface area contributed by atoms with Crippen molar-refractivity contribution < 1.29 is 13.2 Å². The van der Waals surface area contributed by atoms with Crippen molar-refractivity contribution >= 4 is 27.3 Å². The van der Waals surface area contributed by atoms with Crippen LogP contribution in [-0.4, -0.2) is 50.0 Å². The number of aromatic nitrogens is 1. The van der Waals surface area contributed by atoms with E-state index in [-0.39, 0.29) is 19.0 Å². The molecule has 0 atom stereocenters. The van der Waals surface area contributed by atoms with Crippen molar-refractivity contribution in [3.8, 4) is 10.4 Å². The number of nitrogens with one attached hydrogen (secondary N) is 1. The van der Waals surface area contributed by atoms with Gasteiger partial charge in [-0.05, 0) is 31.5 Å². The van der Waals surface area contributed by atoms with E-state index in [4.69, 9.17) is 0 Å². The zero-order valence-corrected chi connectivity index (χ0v) is 15.8. The van der Waals surface area contributed by atoms with Crippen LogP contribution in [0.1, 0.15) is 21.1 Å². The summed E-state index contributed by atoms with van der Waals surface area (Å²) in [4.78, 5) is 17.6. The largest absolute Gasteiger partial charge is 0.351 e. The first kappa shape index (κ1) is 18.6. The molecule has 0 saturated carbocycles. The van der Waals surface area contributed by atoms with Crippen LogP contribution in [0.5, 0.6) is 0 Å². The lowest BCUT2D eigenvalue weighted by Gasteiger charge is -2.14. The Labute approximate surface area is 146 Å². The minimum absolute atomic E-state index is 0.222. The molecule has 24 heavy (non-hydrogen) atoms. The number of thiazole rings is 1. The van der Waals surface area contributed by atoms with E-state index < -0.39 is 10.0 Å². The van der Waals surface area contributed by atoms with Crippen LogP contribution in [0.2, 0.25) is 0 Å². The second kappa shape index (κ2) is 7.42. The van der Waals surface area contributed by atoms with E-state index in [0.29, 0.717) is 5.56 Å². The molecule has 0 radical (unpaired) electrons. The average molecular weight is 367 g/mol. The number of amides is 1. The Balaban J connectivity index is 1.98. The first-order valence-corrected chi connectivity index (χ1v) is 10.1. The van der Waals surface area contributed by atoms with E-state index >= 15 is 0 Å². The fraction of sp³-hybridized carbons (Fsp3) is 0.375. The third-order valence-corrected chi connectivity index (χ3v) is 6.03. The molecule has 0 bridgehead atoms. The maximum Gasteiger partial charge on any atom is 0.251 e. The minimum Gasteiger partial charge on any atom is -0.351 e. The van der Waals surface area contributed by atoms with E-state index in [2.05, 4.69) is 10.3 Å². The quantitative estimate of drug-likeness (QED) is 0.847. The van der Waals surface area contributed by atoms with Crippen molar-refractivity contribution in [3.63, 3.8) is 0 Å². The monoisotopic (exact) mass is 367 g/mol. The molecule has 1 aromatic heterocycles. The highest BCUT2D eigenvalue weighted by molar-refractivity contribution is 7.88. The fourth-order valence-electron chi connectivity index (χ4n) is 2.17. The van der Waals surface area contributed by atoms with Crippen molar-refractivity contribution in [2.45, 2.75) is 13.8 Å². The fourth-order valence-corrected chi connectivity index (χ4v) is 3.52. The average Bonchev–Trinajstić information content (AvgIpc) is 2.85. The molecule has 2 aromatic rings. The van der Waals surface area contributed by atoms with Crippen LogP contribution in [0.15, 0.2) is 24.3 Å². The smallest absolute Gasteiger partial charge is 0.251 e. The van der Waals surface area contributed by atoms with Gasteiger partial charge >= 0.3 is 0 Å². The summed E-state index contributed by atoms with van der Waals surface area (Å²) in [5, 5.41) is 3.74. The van der Waals surface area contributed by atoms with Gasteiger partial charge in [-0.25, -0.2) is 17.7 Å². The van der Waals surface area contributed by atoms with Gasteiger partial charge in [0.25, 0.3) is 5.91 Å². The highest BCUT2D eigenvalue weighted by Gasteiger charge is 2.12. The van der Waals surface area contributed by atoms with Gasteiger partial charge in [-0.2, -0.15) is 0 Å². The summed E-state index contributed by atoms with van der Waals surface area (Å²) in [5.74, 6) is -0.222. The standard InChI is InChI=1S/C16H21N3O3S2/c1-11-15(23-12(2)18-11)13-5-7-14(8-6-13)16(20)17-9-10-19(3)24(4,21)22/h5-8H,9-10H2,1-4H3,(H,17,20). The summed E-state index contributed by atoms with van der Waals surface area (Å²) in [6.07, 6.45) is 1.14. The Hall–Kier alpha value is -1.77. The number of benzene rings is 1. The number of sulfonamides is 1. The Morgan fingerprint density at radius 2 is 1.88 bits per heavy atom. The predicted octanol–water partition coefficient (Wildman–Crippen LogP) is 2.05. The number of rotatable bonds is 6. The summed E-state index contributed by atoms with van der Waals surface area (Å²) in [6.45, 7) is 4.44. The van der Waals surface area contributed by atoms with Crippen LogP contribution in [0, 0.1) is 13.8 Å². The van der Waals surface area contributed by atoms with Gasteiger partial charge in [-0.1, -0.05) is 12.1 Å². The zero-order chi connectivity index (χ0) is 17.9. The lowest BCUT2D eigenvalue weighted by molar-refractivity contribution is 0.0952. The normalized spacial score (nSPS) is 11.7. The molecule has 130 valence electrons. The van der Waals surface area contributed by atoms with Gasteiger partial charge in [0, 0.05) is 25.7 Å². The van der Waals surface area contributed by atoms with Gasteiger partial charge in [0.1, 0.15) is 0 Å². The van der Waals surface area contributed by atoms with Crippen LogP contribution in [0.4, 0.5) is 0 Å². The molecule has 8 heteroatoms. The van der Waals surface area contributed by atoms with Crippen LogP contribution in [0.3, 0.4) is 0 Å². The lowest BCUT2D eigenvalue weighted by atomic mass is 10.1. The van der Waals surface area contributed by atoms with E-state index in [1.165, 1.54) is 11.4 Å². The van der Waals surface area contributed by atoms with Crippen molar-refractivity contribution in [1.29, 1.82) is 0 Å². The lowest BCUT2D eigenvalue weighted by Crippen LogP contribution is -2.35. The zero-order valence-electron chi connectivity index (χ0n) is 14.2. The van der Waals surface area contributed by atoms with Crippen molar-refractivity contribution in [2.75, 3.05) is 26.4 Å². The number of nitrogens with zero attached hydrogens (tertiary/aromatic N) is 2. The topological polar surface area (TPSA) is 79.4 Å². The van der Waals surface area contributed by atoms with Crippen LogP contribution >= 0.6 is 11.3 Å². The van der Waals surface area contributed by atoms with Crippen LogP contribution in [0.25, 0.3) is 10.4 Å².